The van der Waals surface area contributed by atoms with Crippen LogP contribution in [0.25, 0.3) is 11.1 Å². The van der Waals surface area contributed by atoms with Crippen LogP contribution in [-0.2, 0) is 7.05 Å². The topological polar surface area (TPSA) is 84.3 Å². The zero-order chi connectivity index (χ0) is 12.4. The molecule has 17 heavy (non-hydrogen) atoms. The van der Waals surface area contributed by atoms with Gasteiger partial charge in [0, 0.05) is 12.6 Å². The molecule has 1 atom stereocenters. The van der Waals surface area contributed by atoms with Gasteiger partial charge in [0.05, 0.1) is 12.8 Å². The van der Waals surface area contributed by atoms with Crippen molar-refractivity contribution in [1.29, 1.82) is 0 Å². The van der Waals surface area contributed by atoms with Crippen molar-refractivity contribution in [2.24, 2.45) is 7.05 Å². The van der Waals surface area contributed by atoms with E-state index < -0.39 is 6.10 Å². The Labute approximate surface area is 99.1 Å². The number of hydrogen-bond donors (Lipinski definition) is 3. The lowest BCUT2D eigenvalue weighted by Crippen LogP contribution is -2.02. The van der Waals surface area contributed by atoms with Crippen LogP contribution in [-0.4, -0.2) is 26.6 Å². The van der Waals surface area contributed by atoms with Crippen LogP contribution < -0.4 is 5.73 Å². The summed E-state index contributed by atoms with van der Waals surface area (Å²) in [5.74, 6) is 0.570. The number of benzene rings is 1. The zero-order valence-electron chi connectivity index (χ0n) is 9.54. The molecule has 5 nitrogen and oxygen atoms in total. The summed E-state index contributed by atoms with van der Waals surface area (Å²) in [5.41, 5.74) is 8.24. The number of nitrogens with two attached hydrogens (primary N) is 1. The molecule has 1 aromatic heterocycles. The molecule has 5 heteroatoms. The minimum Gasteiger partial charge on any atom is -0.393 e. The van der Waals surface area contributed by atoms with Gasteiger partial charge in [-0.2, -0.15) is 5.10 Å². The summed E-state index contributed by atoms with van der Waals surface area (Å²) < 4.78 is 1.59. The summed E-state index contributed by atoms with van der Waals surface area (Å²) in [6, 6.07) is 7.27. The molecule has 0 bridgehead atoms. The molecular weight excluding hydrogens is 218 g/mol. The van der Waals surface area contributed by atoms with Crippen LogP contribution in [0.1, 0.15) is 11.7 Å². The lowest BCUT2D eigenvalue weighted by Gasteiger charge is -2.09. The molecule has 0 amide bonds. The van der Waals surface area contributed by atoms with Crippen molar-refractivity contribution in [2.75, 3.05) is 12.3 Å². The van der Waals surface area contributed by atoms with E-state index in [2.05, 4.69) is 5.10 Å². The van der Waals surface area contributed by atoms with Gasteiger partial charge in [-0.25, -0.2) is 0 Å². The average Bonchev–Trinajstić information content (AvgIpc) is 2.69. The van der Waals surface area contributed by atoms with Crippen LogP contribution in [0, 0.1) is 0 Å². The molecule has 2 rings (SSSR count). The maximum absolute atomic E-state index is 9.57. The van der Waals surface area contributed by atoms with Crippen LogP contribution in [0.4, 0.5) is 5.82 Å². The van der Waals surface area contributed by atoms with Crippen LogP contribution in [0.3, 0.4) is 0 Å². The molecule has 90 valence electrons. The average molecular weight is 233 g/mol. The Hall–Kier alpha value is -1.85. The van der Waals surface area contributed by atoms with Gasteiger partial charge in [0.2, 0.25) is 0 Å². The molecule has 0 saturated heterocycles. The van der Waals surface area contributed by atoms with E-state index in [4.69, 9.17) is 10.8 Å². The molecule has 0 aliphatic carbocycles. The van der Waals surface area contributed by atoms with E-state index in [1.807, 2.05) is 12.1 Å². The van der Waals surface area contributed by atoms with Crippen molar-refractivity contribution < 1.29 is 10.2 Å². The molecule has 1 aromatic carbocycles. The van der Waals surface area contributed by atoms with Crippen LogP contribution >= 0.6 is 0 Å². The number of hydrogen-bond acceptors (Lipinski definition) is 4. The second kappa shape index (κ2) is 4.57. The SMILES string of the molecule is Cn1ncc(-c2cccc(C(O)CO)c2)c1N. The van der Waals surface area contributed by atoms with E-state index in [0.717, 1.165) is 11.1 Å². The smallest absolute Gasteiger partial charge is 0.129 e. The van der Waals surface area contributed by atoms with E-state index in [-0.39, 0.29) is 6.61 Å². The van der Waals surface area contributed by atoms with Crippen LogP contribution in [0.5, 0.6) is 0 Å². The Kier molecular flexibility index (Phi) is 3.12. The normalized spacial score (nSPS) is 12.6. The maximum Gasteiger partial charge on any atom is 0.129 e. The molecule has 0 saturated carbocycles. The van der Waals surface area contributed by atoms with Crippen molar-refractivity contribution in [1.82, 2.24) is 9.78 Å². The lowest BCUT2D eigenvalue weighted by molar-refractivity contribution is 0.0956. The third kappa shape index (κ3) is 2.15. The van der Waals surface area contributed by atoms with Crippen molar-refractivity contribution >= 4 is 5.82 Å². The second-order valence-electron chi connectivity index (χ2n) is 3.89. The largest absolute Gasteiger partial charge is 0.393 e. The minimum absolute atomic E-state index is 0.300. The number of nitrogen functional groups attached to an aromatic ring is 1. The van der Waals surface area contributed by atoms with Gasteiger partial charge in [0.15, 0.2) is 0 Å². The standard InChI is InChI=1S/C12H15N3O2/c1-15-12(13)10(6-14-15)8-3-2-4-9(5-8)11(17)7-16/h2-6,11,16-17H,7,13H2,1H3. The summed E-state index contributed by atoms with van der Waals surface area (Å²) in [5, 5.41) is 22.6. The van der Waals surface area contributed by atoms with Gasteiger partial charge in [-0.3, -0.25) is 4.68 Å². The molecular formula is C12H15N3O2. The Balaban J connectivity index is 2.43. The highest BCUT2D eigenvalue weighted by Gasteiger charge is 2.10. The first-order valence-electron chi connectivity index (χ1n) is 5.30. The van der Waals surface area contributed by atoms with Crippen LogP contribution in [0.2, 0.25) is 0 Å². The van der Waals surface area contributed by atoms with Gasteiger partial charge in [0.1, 0.15) is 11.9 Å². The van der Waals surface area contributed by atoms with Crippen molar-refractivity contribution in [3.63, 3.8) is 0 Å². The fraction of sp³-hybridized carbons (Fsp3) is 0.250. The van der Waals surface area contributed by atoms with Gasteiger partial charge >= 0.3 is 0 Å². The molecule has 4 N–H and O–H groups in total. The number of rotatable bonds is 3. The Bertz CT molecular complexity index is 522. The molecule has 0 spiro atoms. The number of aromatic nitrogens is 2. The fourth-order valence-corrected chi connectivity index (χ4v) is 1.69. The first-order chi connectivity index (χ1) is 8.13. The fourth-order valence-electron chi connectivity index (χ4n) is 1.69. The summed E-state index contributed by atoms with van der Waals surface area (Å²) in [7, 11) is 1.77. The number of nitrogens with zero attached hydrogens (tertiary/aromatic N) is 2. The number of aliphatic hydroxyl groups is 2. The van der Waals surface area contributed by atoms with Gasteiger partial charge in [-0.15, -0.1) is 0 Å². The molecule has 1 unspecified atom stereocenters. The Morgan fingerprint density at radius 2 is 2.24 bits per heavy atom. The highest BCUT2D eigenvalue weighted by atomic mass is 16.3. The van der Waals surface area contributed by atoms with E-state index in [9.17, 15) is 5.11 Å². The second-order valence-corrected chi connectivity index (χ2v) is 3.89. The monoisotopic (exact) mass is 233 g/mol. The molecule has 0 fully saturated rings. The van der Waals surface area contributed by atoms with Gasteiger partial charge < -0.3 is 15.9 Å². The third-order valence-electron chi connectivity index (χ3n) is 2.74. The Morgan fingerprint density at radius 3 is 2.82 bits per heavy atom. The summed E-state index contributed by atoms with van der Waals surface area (Å²) in [6.07, 6.45) is 0.813. The summed E-state index contributed by atoms with van der Waals surface area (Å²) in [4.78, 5) is 0. The number of aryl methyl sites for hydroxylation is 1. The zero-order valence-corrected chi connectivity index (χ0v) is 9.54. The maximum atomic E-state index is 9.57. The lowest BCUT2D eigenvalue weighted by atomic mass is 10.0. The molecule has 1 heterocycles. The van der Waals surface area contributed by atoms with Crippen LogP contribution in [0.15, 0.2) is 30.5 Å². The molecule has 2 aromatic rings. The number of aliphatic hydroxyl groups excluding tert-OH is 2. The molecule has 0 aliphatic rings. The summed E-state index contributed by atoms with van der Waals surface area (Å²) in [6.45, 7) is -0.300. The first kappa shape index (κ1) is 11.6. The van der Waals surface area contributed by atoms with Crippen molar-refractivity contribution in [3.05, 3.63) is 36.0 Å². The predicted molar refractivity (Wildman–Crippen MR) is 65.1 cm³/mol. The van der Waals surface area contributed by atoms with E-state index >= 15 is 0 Å². The Morgan fingerprint density at radius 1 is 1.47 bits per heavy atom. The van der Waals surface area contributed by atoms with Gasteiger partial charge in [-0.1, -0.05) is 18.2 Å². The quantitative estimate of drug-likeness (QED) is 0.728. The highest BCUT2D eigenvalue weighted by molar-refractivity contribution is 5.73. The highest BCUT2D eigenvalue weighted by Crippen LogP contribution is 2.27. The first-order valence-corrected chi connectivity index (χ1v) is 5.30. The van der Waals surface area contributed by atoms with Crippen molar-refractivity contribution in [2.45, 2.75) is 6.10 Å². The van der Waals surface area contributed by atoms with Crippen molar-refractivity contribution in [3.8, 4) is 11.1 Å². The molecule has 0 aliphatic heterocycles. The third-order valence-corrected chi connectivity index (χ3v) is 2.74. The molecule has 0 radical (unpaired) electrons. The predicted octanol–water partition coefficient (Wildman–Crippen LogP) is 0.695. The minimum atomic E-state index is -0.868. The van der Waals surface area contributed by atoms with Gasteiger partial charge in [0.25, 0.3) is 0 Å². The summed E-state index contributed by atoms with van der Waals surface area (Å²) >= 11 is 0. The van der Waals surface area contributed by atoms with E-state index in [0.29, 0.717) is 11.4 Å². The number of anilines is 1. The van der Waals surface area contributed by atoms with Gasteiger partial charge in [-0.05, 0) is 17.2 Å². The van der Waals surface area contributed by atoms with E-state index in [1.54, 1.807) is 30.1 Å². The van der Waals surface area contributed by atoms with E-state index in [1.165, 1.54) is 0 Å².